The number of amides is 2. The number of rotatable bonds is 5. The van der Waals surface area contributed by atoms with Crippen molar-refractivity contribution in [2.24, 2.45) is 0 Å². The van der Waals surface area contributed by atoms with Gasteiger partial charge in [-0.15, -0.1) is 0 Å². The summed E-state index contributed by atoms with van der Waals surface area (Å²) in [5, 5.41) is 0. The molecule has 8 nitrogen and oxygen atoms in total. The van der Waals surface area contributed by atoms with Crippen molar-refractivity contribution in [2.75, 3.05) is 19.7 Å². The molecule has 0 spiro atoms. The number of imide groups is 1. The van der Waals surface area contributed by atoms with Gasteiger partial charge < -0.3 is 4.74 Å². The zero-order chi connectivity index (χ0) is 21.3. The van der Waals surface area contributed by atoms with Gasteiger partial charge in [0.1, 0.15) is 6.04 Å². The first-order valence-corrected chi connectivity index (χ1v) is 11.2. The van der Waals surface area contributed by atoms with Crippen molar-refractivity contribution in [1.82, 2.24) is 9.21 Å². The van der Waals surface area contributed by atoms with Crippen LogP contribution < -0.4 is 0 Å². The monoisotopic (exact) mass is 422 g/mol. The van der Waals surface area contributed by atoms with Crippen LogP contribution in [0.4, 0.5) is 0 Å². The average Bonchev–Trinajstić information content (AvgIpc) is 3.27. The van der Waals surface area contributed by atoms with Gasteiger partial charge in [0.15, 0.2) is 6.61 Å². The summed E-state index contributed by atoms with van der Waals surface area (Å²) in [6, 6.07) is 2.63. The van der Waals surface area contributed by atoms with Gasteiger partial charge in [-0.25, -0.2) is 8.42 Å². The molecule has 2 aliphatic rings. The van der Waals surface area contributed by atoms with E-state index in [2.05, 4.69) is 0 Å². The average molecular weight is 423 g/mol. The molecular formula is C20H26N2O6S. The van der Waals surface area contributed by atoms with E-state index in [1.165, 1.54) is 4.31 Å². The minimum absolute atomic E-state index is 0.210. The Labute approximate surface area is 170 Å². The van der Waals surface area contributed by atoms with Gasteiger partial charge in [-0.3, -0.25) is 19.3 Å². The molecule has 0 saturated carbocycles. The molecular weight excluding hydrogens is 396 g/mol. The molecule has 0 aliphatic carbocycles. The molecule has 1 aromatic rings. The number of benzene rings is 1. The van der Waals surface area contributed by atoms with E-state index in [-0.39, 0.29) is 17.3 Å². The largest absolute Gasteiger partial charge is 0.454 e. The van der Waals surface area contributed by atoms with Crippen molar-refractivity contribution < 1.29 is 27.5 Å². The maximum atomic E-state index is 13.3. The second-order valence-electron chi connectivity index (χ2n) is 7.65. The minimum Gasteiger partial charge on any atom is -0.454 e. The van der Waals surface area contributed by atoms with E-state index in [1.807, 2.05) is 6.92 Å². The Bertz CT molecular complexity index is 933. The fourth-order valence-electron chi connectivity index (χ4n) is 4.17. The van der Waals surface area contributed by atoms with Gasteiger partial charge in [0.25, 0.3) is 5.91 Å². The van der Waals surface area contributed by atoms with Crippen LogP contribution in [-0.4, -0.2) is 61.1 Å². The first kappa shape index (κ1) is 21.4. The van der Waals surface area contributed by atoms with Crippen molar-refractivity contribution in [3.63, 3.8) is 0 Å². The molecule has 2 heterocycles. The number of aryl methyl sites for hydroxylation is 3. The molecule has 0 unspecified atom stereocenters. The predicted molar refractivity (Wildman–Crippen MR) is 104 cm³/mol. The van der Waals surface area contributed by atoms with Crippen LogP contribution in [0.25, 0.3) is 0 Å². The lowest BCUT2D eigenvalue weighted by atomic mass is 10.1. The van der Waals surface area contributed by atoms with Crippen LogP contribution in [0.2, 0.25) is 0 Å². The fraction of sp³-hybridized carbons (Fsp3) is 0.550. The molecule has 1 aromatic carbocycles. The molecule has 2 saturated heterocycles. The van der Waals surface area contributed by atoms with Gasteiger partial charge in [-0.2, -0.15) is 4.31 Å². The summed E-state index contributed by atoms with van der Waals surface area (Å²) < 4.78 is 32.9. The molecule has 2 amide bonds. The Morgan fingerprint density at radius 2 is 1.76 bits per heavy atom. The molecule has 0 aromatic heterocycles. The van der Waals surface area contributed by atoms with Crippen molar-refractivity contribution in [1.29, 1.82) is 0 Å². The van der Waals surface area contributed by atoms with E-state index in [9.17, 15) is 22.8 Å². The normalized spacial score (nSPS) is 20.3. The van der Waals surface area contributed by atoms with Crippen LogP contribution in [0.5, 0.6) is 0 Å². The Morgan fingerprint density at radius 1 is 1.10 bits per heavy atom. The van der Waals surface area contributed by atoms with Gasteiger partial charge in [-0.05, 0) is 51.2 Å². The number of likely N-dealkylation sites (tertiary alicyclic amines) is 1. The third-order valence-electron chi connectivity index (χ3n) is 5.36. The molecule has 0 bridgehead atoms. The second-order valence-corrected chi connectivity index (χ2v) is 9.48. The third kappa shape index (κ3) is 4.20. The lowest BCUT2D eigenvalue weighted by Crippen LogP contribution is -2.43. The Hall–Kier alpha value is -2.26. The van der Waals surface area contributed by atoms with Crippen LogP contribution in [0, 0.1) is 20.8 Å². The van der Waals surface area contributed by atoms with E-state index in [0.29, 0.717) is 43.4 Å². The number of carbonyl (C=O) groups excluding carboxylic acids is 3. The quantitative estimate of drug-likeness (QED) is 0.666. The molecule has 0 radical (unpaired) electrons. The maximum absolute atomic E-state index is 13.3. The lowest BCUT2D eigenvalue weighted by Gasteiger charge is -2.25. The molecule has 0 N–H and O–H groups in total. The number of sulfonamides is 1. The van der Waals surface area contributed by atoms with Crippen LogP contribution in [0.15, 0.2) is 17.0 Å². The van der Waals surface area contributed by atoms with Gasteiger partial charge in [0.05, 0.1) is 4.90 Å². The van der Waals surface area contributed by atoms with E-state index < -0.39 is 34.5 Å². The van der Waals surface area contributed by atoms with Gasteiger partial charge >= 0.3 is 5.97 Å². The number of hydrogen-bond donors (Lipinski definition) is 0. The first-order chi connectivity index (χ1) is 13.6. The third-order valence-corrected chi connectivity index (χ3v) is 7.57. The van der Waals surface area contributed by atoms with Crippen molar-refractivity contribution >= 4 is 27.8 Å². The van der Waals surface area contributed by atoms with Gasteiger partial charge in [0, 0.05) is 19.5 Å². The molecule has 2 fully saturated rings. The Kier molecular flexibility index (Phi) is 6.09. The Morgan fingerprint density at radius 3 is 2.34 bits per heavy atom. The summed E-state index contributed by atoms with van der Waals surface area (Å²) in [6.45, 7) is 5.36. The van der Waals surface area contributed by atoms with Gasteiger partial charge in [0.2, 0.25) is 15.9 Å². The second kappa shape index (κ2) is 8.23. The van der Waals surface area contributed by atoms with E-state index >= 15 is 0 Å². The number of nitrogens with zero attached hydrogens (tertiary/aromatic N) is 2. The summed E-state index contributed by atoms with van der Waals surface area (Å²) >= 11 is 0. The molecule has 2 aliphatic heterocycles. The topological polar surface area (TPSA) is 101 Å². The number of hydrogen-bond acceptors (Lipinski definition) is 6. The van der Waals surface area contributed by atoms with Crippen LogP contribution in [0.1, 0.15) is 42.4 Å². The van der Waals surface area contributed by atoms with E-state index in [4.69, 9.17) is 4.74 Å². The molecule has 3 rings (SSSR count). The SMILES string of the molecule is Cc1cc(C)c(S(=O)(=O)N2CCC[C@@H]2C(=O)OCC(=O)N2CCCC2=O)c(C)c1. The predicted octanol–water partition coefficient (Wildman–Crippen LogP) is 1.46. The van der Waals surface area contributed by atoms with Gasteiger partial charge in [-0.1, -0.05) is 17.7 Å². The standard InChI is InChI=1S/C20H26N2O6S/c1-13-10-14(2)19(15(3)11-13)29(26,27)22-9-4-6-16(22)20(25)28-12-18(24)21-8-5-7-17(21)23/h10-11,16H,4-9,12H2,1-3H3/t16-/m1/s1. The smallest absolute Gasteiger partial charge is 0.324 e. The molecule has 1 atom stereocenters. The van der Waals surface area contributed by atoms with Crippen LogP contribution in [0.3, 0.4) is 0 Å². The highest BCUT2D eigenvalue weighted by Crippen LogP contribution is 2.31. The zero-order valence-corrected chi connectivity index (χ0v) is 17.8. The highest BCUT2D eigenvalue weighted by Gasteiger charge is 2.42. The van der Waals surface area contributed by atoms with Crippen LogP contribution >= 0.6 is 0 Å². The summed E-state index contributed by atoms with van der Waals surface area (Å²) in [5.74, 6) is -1.60. The number of carbonyl (C=O) groups is 3. The Balaban J connectivity index is 1.74. The summed E-state index contributed by atoms with van der Waals surface area (Å²) in [7, 11) is -3.89. The zero-order valence-electron chi connectivity index (χ0n) is 16.9. The van der Waals surface area contributed by atoms with Crippen molar-refractivity contribution in [2.45, 2.75) is 57.4 Å². The molecule has 9 heteroatoms. The highest BCUT2D eigenvalue weighted by atomic mass is 32.2. The first-order valence-electron chi connectivity index (χ1n) is 9.72. The molecule has 158 valence electrons. The van der Waals surface area contributed by atoms with E-state index in [1.54, 1.807) is 26.0 Å². The number of esters is 1. The lowest BCUT2D eigenvalue weighted by molar-refractivity contribution is -0.156. The van der Waals surface area contributed by atoms with Crippen molar-refractivity contribution in [3.8, 4) is 0 Å². The summed E-state index contributed by atoms with van der Waals surface area (Å²) in [6.07, 6.45) is 1.77. The summed E-state index contributed by atoms with van der Waals surface area (Å²) in [4.78, 5) is 37.6. The maximum Gasteiger partial charge on any atom is 0.324 e. The van der Waals surface area contributed by atoms with Crippen LogP contribution in [-0.2, 0) is 29.1 Å². The molecule has 29 heavy (non-hydrogen) atoms. The summed E-state index contributed by atoms with van der Waals surface area (Å²) in [5.41, 5.74) is 2.22. The number of ether oxygens (including phenoxy) is 1. The van der Waals surface area contributed by atoms with E-state index in [0.717, 1.165) is 10.5 Å². The highest BCUT2D eigenvalue weighted by molar-refractivity contribution is 7.89. The van der Waals surface area contributed by atoms with Crippen molar-refractivity contribution in [3.05, 3.63) is 28.8 Å². The fourth-order valence-corrected chi connectivity index (χ4v) is 6.24. The minimum atomic E-state index is -3.89.